The van der Waals surface area contributed by atoms with Crippen molar-refractivity contribution in [3.05, 3.63) is 34.9 Å². The smallest absolute Gasteiger partial charge is 0.407 e. The molecule has 1 aliphatic heterocycles. The summed E-state index contributed by atoms with van der Waals surface area (Å²) in [5.41, 5.74) is 0.151. The number of rotatable bonds is 6. The third-order valence-electron chi connectivity index (χ3n) is 4.05. The van der Waals surface area contributed by atoms with Gasteiger partial charge >= 0.3 is 6.09 Å². The first kappa shape index (κ1) is 21.4. The molecule has 152 valence electrons. The second-order valence-corrected chi connectivity index (χ2v) is 8.05. The van der Waals surface area contributed by atoms with E-state index in [1.54, 1.807) is 20.8 Å². The van der Waals surface area contributed by atoms with Crippen molar-refractivity contribution in [1.29, 1.82) is 0 Å². The maximum Gasteiger partial charge on any atom is 0.407 e. The van der Waals surface area contributed by atoms with E-state index in [1.165, 1.54) is 23.1 Å². The Labute approximate surface area is 164 Å². The van der Waals surface area contributed by atoms with Crippen molar-refractivity contribution in [2.24, 2.45) is 5.92 Å². The first-order valence-electron chi connectivity index (χ1n) is 9.24. The summed E-state index contributed by atoms with van der Waals surface area (Å²) in [6.07, 6.45) is -0.535. The summed E-state index contributed by atoms with van der Waals surface area (Å²) in [6.45, 7) is 9.94. The highest BCUT2D eigenvalue weighted by Crippen LogP contribution is 2.29. The molecular formula is C20H27N3O5. The molecule has 2 rings (SSSR count). The van der Waals surface area contributed by atoms with Crippen LogP contribution >= 0.6 is 0 Å². The maximum absolute atomic E-state index is 12.6. The van der Waals surface area contributed by atoms with Gasteiger partial charge in [0.2, 0.25) is 0 Å². The molecule has 0 saturated heterocycles. The molecule has 0 aliphatic carbocycles. The van der Waals surface area contributed by atoms with Crippen LogP contribution in [0, 0.1) is 5.92 Å². The number of amides is 4. The number of benzene rings is 1. The average Bonchev–Trinajstić information content (AvgIpc) is 2.87. The molecule has 1 aliphatic rings. The van der Waals surface area contributed by atoms with Crippen LogP contribution in [0.4, 0.5) is 4.79 Å². The van der Waals surface area contributed by atoms with Crippen LogP contribution in [0.3, 0.4) is 0 Å². The zero-order valence-electron chi connectivity index (χ0n) is 16.9. The average molecular weight is 389 g/mol. The minimum Gasteiger partial charge on any atom is -0.449 e. The van der Waals surface area contributed by atoms with E-state index in [2.05, 4.69) is 10.6 Å². The fraction of sp³-hybridized carbons (Fsp3) is 0.500. The SMILES string of the molecule is CC(C)COC(=O)NCCNC(=O)c1ccc2c(c1)C(=O)N(C(C)(C)C)C2=O. The van der Waals surface area contributed by atoms with Gasteiger partial charge < -0.3 is 15.4 Å². The zero-order chi connectivity index (χ0) is 21.1. The summed E-state index contributed by atoms with van der Waals surface area (Å²) in [7, 11) is 0. The highest BCUT2D eigenvalue weighted by atomic mass is 16.5. The molecule has 8 heteroatoms. The van der Waals surface area contributed by atoms with E-state index in [1.807, 2.05) is 13.8 Å². The fourth-order valence-corrected chi connectivity index (χ4v) is 2.73. The van der Waals surface area contributed by atoms with Gasteiger partial charge in [-0.15, -0.1) is 0 Å². The number of alkyl carbamates (subject to hydrolysis) is 1. The van der Waals surface area contributed by atoms with Crippen LogP contribution in [-0.4, -0.2) is 54.0 Å². The number of fused-ring (bicyclic) bond motifs is 1. The van der Waals surface area contributed by atoms with Gasteiger partial charge in [0.05, 0.1) is 17.7 Å². The third-order valence-corrected chi connectivity index (χ3v) is 4.05. The van der Waals surface area contributed by atoms with Crippen LogP contribution in [0.5, 0.6) is 0 Å². The van der Waals surface area contributed by atoms with E-state index in [9.17, 15) is 19.2 Å². The second-order valence-electron chi connectivity index (χ2n) is 8.05. The monoisotopic (exact) mass is 389 g/mol. The maximum atomic E-state index is 12.6. The van der Waals surface area contributed by atoms with E-state index >= 15 is 0 Å². The molecule has 0 fully saturated rings. The van der Waals surface area contributed by atoms with Crippen molar-refractivity contribution in [3.63, 3.8) is 0 Å². The Morgan fingerprint density at radius 1 is 1.04 bits per heavy atom. The lowest BCUT2D eigenvalue weighted by molar-refractivity contribution is 0.0507. The molecule has 0 aromatic heterocycles. The standard InChI is InChI=1S/C20H27N3O5/c1-12(2)11-28-19(27)22-9-8-21-16(24)13-6-7-14-15(10-13)18(26)23(17(14)25)20(3,4)5/h6-7,10,12H,8-9,11H2,1-5H3,(H,21,24)(H,22,27). The van der Waals surface area contributed by atoms with Gasteiger partial charge in [-0.25, -0.2) is 4.79 Å². The minimum absolute atomic E-state index is 0.202. The Balaban J connectivity index is 1.93. The first-order valence-corrected chi connectivity index (χ1v) is 9.24. The molecule has 0 saturated carbocycles. The highest BCUT2D eigenvalue weighted by molar-refractivity contribution is 6.22. The number of nitrogens with one attached hydrogen (secondary N) is 2. The lowest BCUT2D eigenvalue weighted by atomic mass is 10.1. The largest absolute Gasteiger partial charge is 0.449 e. The number of hydrogen-bond acceptors (Lipinski definition) is 5. The number of hydrogen-bond donors (Lipinski definition) is 2. The van der Waals surface area contributed by atoms with E-state index in [4.69, 9.17) is 4.74 Å². The van der Waals surface area contributed by atoms with Crippen LogP contribution in [0.1, 0.15) is 65.7 Å². The lowest BCUT2D eigenvalue weighted by Gasteiger charge is -2.29. The lowest BCUT2D eigenvalue weighted by Crippen LogP contribution is -2.45. The Hall–Kier alpha value is -2.90. The van der Waals surface area contributed by atoms with Gasteiger partial charge in [0.25, 0.3) is 17.7 Å². The van der Waals surface area contributed by atoms with Gasteiger partial charge in [0.1, 0.15) is 0 Å². The number of carbonyl (C=O) groups excluding carboxylic acids is 4. The van der Waals surface area contributed by atoms with Crippen molar-refractivity contribution in [3.8, 4) is 0 Å². The molecule has 0 spiro atoms. The molecular weight excluding hydrogens is 362 g/mol. The van der Waals surface area contributed by atoms with E-state index in [0.29, 0.717) is 12.2 Å². The number of ether oxygens (including phenoxy) is 1. The fourth-order valence-electron chi connectivity index (χ4n) is 2.73. The Kier molecular flexibility index (Phi) is 6.43. The topological polar surface area (TPSA) is 105 Å². The minimum atomic E-state index is -0.647. The molecule has 1 heterocycles. The number of carbonyl (C=O) groups is 4. The quantitative estimate of drug-likeness (QED) is 0.573. The van der Waals surface area contributed by atoms with E-state index < -0.39 is 23.4 Å². The Morgan fingerprint density at radius 2 is 1.64 bits per heavy atom. The number of imide groups is 1. The van der Waals surface area contributed by atoms with Crippen molar-refractivity contribution in [1.82, 2.24) is 15.5 Å². The van der Waals surface area contributed by atoms with Crippen LogP contribution in [0.25, 0.3) is 0 Å². The van der Waals surface area contributed by atoms with E-state index in [0.717, 1.165) is 0 Å². The molecule has 1 aromatic rings. The molecule has 2 N–H and O–H groups in total. The predicted molar refractivity (Wildman–Crippen MR) is 103 cm³/mol. The Bertz CT molecular complexity index is 796. The summed E-state index contributed by atoms with van der Waals surface area (Å²) < 4.78 is 4.97. The zero-order valence-corrected chi connectivity index (χ0v) is 16.9. The molecule has 4 amide bonds. The molecule has 0 unspecified atom stereocenters. The molecule has 28 heavy (non-hydrogen) atoms. The summed E-state index contributed by atoms with van der Waals surface area (Å²) >= 11 is 0. The third kappa shape index (κ3) is 4.88. The summed E-state index contributed by atoms with van der Waals surface area (Å²) in [5, 5.41) is 5.20. The number of nitrogens with zero attached hydrogens (tertiary/aromatic N) is 1. The molecule has 0 bridgehead atoms. The van der Waals surface area contributed by atoms with Crippen LogP contribution < -0.4 is 10.6 Å². The predicted octanol–water partition coefficient (Wildman–Crippen LogP) is 2.19. The summed E-state index contributed by atoms with van der Waals surface area (Å²) in [6, 6.07) is 4.44. The van der Waals surface area contributed by atoms with Crippen LogP contribution in [0.15, 0.2) is 18.2 Å². The first-order chi connectivity index (χ1) is 13.0. The van der Waals surface area contributed by atoms with Gasteiger partial charge in [-0.05, 0) is 44.9 Å². The van der Waals surface area contributed by atoms with Crippen LogP contribution in [0.2, 0.25) is 0 Å². The summed E-state index contributed by atoms with van der Waals surface area (Å²) in [4.78, 5) is 50.0. The van der Waals surface area contributed by atoms with Crippen molar-refractivity contribution >= 4 is 23.8 Å². The van der Waals surface area contributed by atoms with Gasteiger partial charge in [-0.3, -0.25) is 19.3 Å². The van der Waals surface area contributed by atoms with Crippen molar-refractivity contribution < 1.29 is 23.9 Å². The van der Waals surface area contributed by atoms with Crippen molar-refractivity contribution in [2.75, 3.05) is 19.7 Å². The molecule has 1 aromatic carbocycles. The van der Waals surface area contributed by atoms with Gasteiger partial charge in [0.15, 0.2) is 0 Å². The normalized spacial score (nSPS) is 13.6. The summed E-state index contributed by atoms with van der Waals surface area (Å²) in [5.74, 6) is -0.913. The van der Waals surface area contributed by atoms with Gasteiger partial charge in [-0.2, -0.15) is 0 Å². The highest BCUT2D eigenvalue weighted by Gasteiger charge is 2.42. The van der Waals surface area contributed by atoms with Gasteiger partial charge in [-0.1, -0.05) is 13.8 Å². The molecule has 0 radical (unpaired) electrons. The Morgan fingerprint density at radius 3 is 2.25 bits per heavy atom. The molecule has 8 nitrogen and oxygen atoms in total. The van der Waals surface area contributed by atoms with E-state index in [-0.39, 0.29) is 36.0 Å². The second kappa shape index (κ2) is 8.41. The van der Waals surface area contributed by atoms with Crippen LogP contribution in [-0.2, 0) is 4.74 Å². The van der Waals surface area contributed by atoms with Crippen molar-refractivity contribution in [2.45, 2.75) is 40.2 Å². The molecule has 0 atom stereocenters. The van der Waals surface area contributed by atoms with Gasteiger partial charge in [0, 0.05) is 24.2 Å².